The van der Waals surface area contributed by atoms with Crippen molar-refractivity contribution in [1.82, 2.24) is 0 Å². The Hall–Kier alpha value is -0.453. The molecule has 0 fully saturated rings. The predicted octanol–water partition coefficient (Wildman–Crippen LogP) is 0.181. The highest BCUT2D eigenvalue weighted by Gasteiger charge is 2.11. The maximum atomic E-state index is 9.78. The summed E-state index contributed by atoms with van der Waals surface area (Å²) in [5, 5.41) is 0. The molecule has 0 aliphatic carbocycles. The minimum atomic E-state index is -1.98. The van der Waals surface area contributed by atoms with Crippen LogP contribution in [0.2, 0.25) is 0 Å². The second-order valence-corrected chi connectivity index (χ2v) is 3.43. The first-order valence-corrected chi connectivity index (χ1v) is 5.30. The zero-order valence-corrected chi connectivity index (χ0v) is 8.56. The van der Waals surface area contributed by atoms with Gasteiger partial charge in [0.05, 0.1) is 6.61 Å². The SMILES string of the molecule is CCO[SiH](OCC)OCC=C=O. The molecule has 0 atom stereocenters. The summed E-state index contributed by atoms with van der Waals surface area (Å²) in [4.78, 5) is 9.78. The van der Waals surface area contributed by atoms with Crippen LogP contribution in [0.3, 0.4) is 0 Å². The van der Waals surface area contributed by atoms with Crippen molar-refractivity contribution in [3.8, 4) is 0 Å². The molecule has 0 spiro atoms. The standard InChI is InChI=1S/C7H14O4Si/c1-3-9-12(10-4-2)11-7-5-6-8/h5,12H,3-4,7H2,1-2H3. The van der Waals surface area contributed by atoms with E-state index >= 15 is 0 Å². The summed E-state index contributed by atoms with van der Waals surface area (Å²) in [5.41, 5.74) is 0. The molecular weight excluding hydrogens is 176 g/mol. The molecule has 12 heavy (non-hydrogen) atoms. The summed E-state index contributed by atoms with van der Waals surface area (Å²) in [5.74, 6) is 1.62. The first-order chi connectivity index (χ1) is 5.85. The van der Waals surface area contributed by atoms with E-state index in [1.165, 1.54) is 6.08 Å². The van der Waals surface area contributed by atoms with E-state index in [0.29, 0.717) is 13.2 Å². The Morgan fingerprint density at radius 3 is 2.25 bits per heavy atom. The average molecular weight is 190 g/mol. The highest BCUT2D eigenvalue weighted by atomic mass is 28.3. The van der Waals surface area contributed by atoms with Gasteiger partial charge < -0.3 is 13.3 Å². The van der Waals surface area contributed by atoms with Crippen molar-refractivity contribution in [2.24, 2.45) is 0 Å². The molecule has 0 amide bonds. The summed E-state index contributed by atoms with van der Waals surface area (Å²) in [7, 11) is -1.98. The molecule has 0 saturated heterocycles. The predicted molar refractivity (Wildman–Crippen MR) is 46.6 cm³/mol. The number of hydrogen-bond donors (Lipinski definition) is 0. The maximum Gasteiger partial charge on any atom is 0.484 e. The zero-order valence-electron chi connectivity index (χ0n) is 7.41. The largest absolute Gasteiger partial charge is 0.484 e. The molecule has 0 heterocycles. The fourth-order valence-electron chi connectivity index (χ4n) is 0.577. The monoisotopic (exact) mass is 190 g/mol. The number of carbonyl (C=O) groups excluding carboxylic acids is 1. The third-order valence-corrected chi connectivity index (χ3v) is 2.68. The molecule has 0 aromatic heterocycles. The van der Waals surface area contributed by atoms with Gasteiger partial charge in [-0.3, -0.25) is 0 Å². The molecule has 0 aromatic rings. The first-order valence-electron chi connectivity index (χ1n) is 3.89. The molecule has 0 N–H and O–H groups in total. The van der Waals surface area contributed by atoms with E-state index in [2.05, 4.69) is 0 Å². The number of hydrogen-bond acceptors (Lipinski definition) is 4. The third kappa shape index (κ3) is 6.27. The van der Waals surface area contributed by atoms with Crippen LogP contribution in [0.15, 0.2) is 6.08 Å². The normalized spacial score (nSPS) is 9.92. The van der Waals surface area contributed by atoms with Gasteiger partial charge in [0, 0.05) is 19.3 Å². The molecule has 0 bridgehead atoms. The van der Waals surface area contributed by atoms with E-state index in [4.69, 9.17) is 13.3 Å². The molecule has 0 aliphatic heterocycles. The lowest BCUT2D eigenvalue weighted by Crippen LogP contribution is -2.27. The summed E-state index contributed by atoms with van der Waals surface area (Å²) in [6.45, 7) is 5.11. The topological polar surface area (TPSA) is 44.8 Å². The van der Waals surface area contributed by atoms with Crippen LogP contribution in [0.1, 0.15) is 13.8 Å². The van der Waals surface area contributed by atoms with Gasteiger partial charge in [0.25, 0.3) is 0 Å². The Morgan fingerprint density at radius 1 is 1.25 bits per heavy atom. The van der Waals surface area contributed by atoms with Gasteiger partial charge in [-0.2, -0.15) is 0 Å². The Morgan fingerprint density at radius 2 is 1.83 bits per heavy atom. The van der Waals surface area contributed by atoms with Gasteiger partial charge in [-0.05, 0) is 13.8 Å². The summed E-state index contributed by atoms with van der Waals surface area (Å²) in [6.07, 6.45) is 1.26. The van der Waals surface area contributed by atoms with Crippen LogP contribution in [-0.2, 0) is 18.1 Å². The minimum Gasteiger partial charge on any atom is -0.376 e. The minimum absolute atomic E-state index is 0.223. The van der Waals surface area contributed by atoms with Crippen LogP contribution in [0, 0.1) is 0 Å². The molecule has 0 aliphatic rings. The van der Waals surface area contributed by atoms with Crippen LogP contribution in [0.4, 0.5) is 0 Å². The number of rotatable bonds is 7. The molecule has 0 unspecified atom stereocenters. The van der Waals surface area contributed by atoms with Crippen LogP contribution in [-0.4, -0.2) is 35.3 Å². The van der Waals surface area contributed by atoms with E-state index in [1.54, 1.807) is 5.94 Å². The summed E-state index contributed by atoms with van der Waals surface area (Å²) >= 11 is 0. The van der Waals surface area contributed by atoms with Crippen LogP contribution in [0.25, 0.3) is 0 Å². The van der Waals surface area contributed by atoms with E-state index in [1.807, 2.05) is 13.8 Å². The quantitative estimate of drug-likeness (QED) is 0.424. The van der Waals surface area contributed by atoms with Gasteiger partial charge in [-0.1, -0.05) is 0 Å². The molecule has 4 nitrogen and oxygen atoms in total. The molecule has 5 heteroatoms. The van der Waals surface area contributed by atoms with Gasteiger partial charge in [-0.15, -0.1) is 0 Å². The Balaban J connectivity index is 3.54. The Bertz CT molecular complexity index is 138. The van der Waals surface area contributed by atoms with Gasteiger partial charge in [-0.25, -0.2) is 4.79 Å². The van der Waals surface area contributed by atoms with Crippen molar-refractivity contribution in [3.05, 3.63) is 6.08 Å². The lowest BCUT2D eigenvalue weighted by Gasteiger charge is -2.12. The summed E-state index contributed by atoms with van der Waals surface area (Å²) in [6, 6.07) is 0. The van der Waals surface area contributed by atoms with E-state index in [-0.39, 0.29) is 6.61 Å². The molecule has 70 valence electrons. The highest BCUT2D eigenvalue weighted by Crippen LogP contribution is 1.91. The third-order valence-electron chi connectivity index (χ3n) is 1.00. The fourth-order valence-corrected chi connectivity index (χ4v) is 1.66. The van der Waals surface area contributed by atoms with Gasteiger partial charge in [0.15, 0.2) is 0 Å². The van der Waals surface area contributed by atoms with Gasteiger partial charge >= 0.3 is 9.53 Å². The lowest BCUT2D eigenvalue weighted by molar-refractivity contribution is 0.112. The summed E-state index contributed by atoms with van der Waals surface area (Å²) < 4.78 is 15.5. The van der Waals surface area contributed by atoms with Crippen molar-refractivity contribution < 1.29 is 18.1 Å². The van der Waals surface area contributed by atoms with Crippen molar-refractivity contribution in [3.63, 3.8) is 0 Å². The fraction of sp³-hybridized carbons (Fsp3) is 0.714. The van der Waals surface area contributed by atoms with E-state index in [9.17, 15) is 4.79 Å². The van der Waals surface area contributed by atoms with E-state index < -0.39 is 9.53 Å². The second kappa shape index (κ2) is 8.64. The molecule has 0 aromatic carbocycles. The van der Waals surface area contributed by atoms with Gasteiger partial charge in [0.1, 0.15) is 5.94 Å². The maximum absolute atomic E-state index is 9.78. The Kier molecular flexibility index (Phi) is 8.32. The molecular formula is C7H14O4Si. The van der Waals surface area contributed by atoms with Crippen molar-refractivity contribution in [2.45, 2.75) is 13.8 Å². The van der Waals surface area contributed by atoms with Crippen molar-refractivity contribution in [2.75, 3.05) is 19.8 Å². The molecule has 0 rings (SSSR count). The van der Waals surface area contributed by atoms with Gasteiger partial charge in [0.2, 0.25) is 0 Å². The smallest absolute Gasteiger partial charge is 0.376 e. The van der Waals surface area contributed by atoms with Crippen LogP contribution >= 0.6 is 0 Å². The average Bonchev–Trinajstić information content (AvgIpc) is 2.06. The zero-order chi connectivity index (χ0) is 9.23. The Labute approximate surface area is 74.1 Å². The van der Waals surface area contributed by atoms with Crippen molar-refractivity contribution >= 4 is 15.5 Å². The second-order valence-electron chi connectivity index (χ2n) is 1.85. The lowest BCUT2D eigenvalue weighted by atomic mass is 10.7. The van der Waals surface area contributed by atoms with E-state index in [0.717, 1.165) is 0 Å². The van der Waals surface area contributed by atoms with Crippen LogP contribution < -0.4 is 0 Å². The molecule has 0 saturated carbocycles. The highest BCUT2D eigenvalue weighted by molar-refractivity contribution is 6.36. The molecule has 0 radical (unpaired) electrons. The first kappa shape index (κ1) is 11.5. The van der Waals surface area contributed by atoms with Crippen LogP contribution in [0.5, 0.6) is 0 Å². The van der Waals surface area contributed by atoms with Crippen molar-refractivity contribution in [1.29, 1.82) is 0 Å².